The van der Waals surface area contributed by atoms with Crippen molar-refractivity contribution < 1.29 is 4.79 Å². The molecule has 0 atom stereocenters. The van der Waals surface area contributed by atoms with Gasteiger partial charge in [-0.25, -0.2) is 0 Å². The summed E-state index contributed by atoms with van der Waals surface area (Å²) in [5.41, 5.74) is 3.55. The van der Waals surface area contributed by atoms with E-state index in [2.05, 4.69) is 19.9 Å². The van der Waals surface area contributed by atoms with Gasteiger partial charge in [-0.15, -0.1) is 0 Å². The molecule has 4 rings (SSSR count). The van der Waals surface area contributed by atoms with Gasteiger partial charge in [-0.3, -0.25) is 24.6 Å². The monoisotopic (exact) mass is 373 g/mol. The molecule has 28 heavy (non-hydrogen) atoms. The number of carbonyl (C=O) groups is 1. The van der Waals surface area contributed by atoms with Crippen LogP contribution in [0.1, 0.15) is 22.5 Å². The van der Waals surface area contributed by atoms with Gasteiger partial charge in [0.2, 0.25) is 0 Å². The SMILES string of the molecule is O=C(c1ccc(-c2cnccn2)cc1)N1CCCN(Cc2ccccn2)CC1. The van der Waals surface area contributed by atoms with Crippen LogP contribution in [-0.4, -0.2) is 56.8 Å². The molecule has 142 valence electrons. The molecule has 1 aromatic carbocycles. The number of nitrogens with zero attached hydrogens (tertiary/aromatic N) is 5. The van der Waals surface area contributed by atoms with Gasteiger partial charge in [0.15, 0.2) is 0 Å². The summed E-state index contributed by atoms with van der Waals surface area (Å²) in [6.45, 7) is 4.18. The molecule has 1 saturated heterocycles. The van der Waals surface area contributed by atoms with Crippen LogP contribution in [0.2, 0.25) is 0 Å². The summed E-state index contributed by atoms with van der Waals surface area (Å²) < 4.78 is 0. The highest BCUT2D eigenvalue weighted by Gasteiger charge is 2.20. The quantitative estimate of drug-likeness (QED) is 0.704. The van der Waals surface area contributed by atoms with Gasteiger partial charge >= 0.3 is 0 Å². The molecule has 0 N–H and O–H groups in total. The first kappa shape index (κ1) is 18.3. The van der Waals surface area contributed by atoms with Crippen LogP contribution < -0.4 is 0 Å². The van der Waals surface area contributed by atoms with Gasteiger partial charge in [0.1, 0.15) is 0 Å². The van der Waals surface area contributed by atoms with Gasteiger partial charge in [-0.1, -0.05) is 18.2 Å². The third kappa shape index (κ3) is 4.40. The third-order valence-corrected chi connectivity index (χ3v) is 4.98. The van der Waals surface area contributed by atoms with Crippen molar-refractivity contribution in [3.05, 3.63) is 78.5 Å². The highest BCUT2D eigenvalue weighted by molar-refractivity contribution is 5.94. The smallest absolute Gasteiger partial charge is 0.253 e. The van der Waals surface area contributed by atoms with E-state index < -0.39 is 0 Å². The van der Waals surface area contributed by atoms with Crippen molar-refractivity contribution in [2.75, 3.05) is 26.2 Å². The molecule has 0 saturated carbocycles. The van der Waals surface area contributed by atoms with Crippen LogP contribution in [0.4, 0.5) is 0 Å². The van der Waals surface area contributed by atoms with E-state index in [1.807, 2.05) is 53.6 Å². The number of amides is 1. The van der Waals surface area contributed by atoms with E-state index in [1.165, 1.54) is 0 Å². The minimum Gasteiger partial charge on any atom is -0.337 e. The second kappa shape index (κ2) is 8.71. The van der Waals surface area contributed by atoms with Gasteiger partial charge in [0.05, 0.1) is 17.6 Å². The topological polar surface area (TPSA) is 62.2 Å². The number of hydrogen-bond donors (Lipinski definition) is 0. The Morgan fingerprint density at radius 2 is 1.79 bits per heavy atom. The maximum Gasteiger partial charge on any atom is 0.253 e. The predicted molar refractivity (Wildman–Crippen MR) is 108 cm³/mol. The lowest BCUT2D eigenvalue weighted by Gasteiger charge is -2.22. The molecule has 0 spiro atoms. The number of rotatable bonds is 4. The molecule has 3 aromatic rings. The summed E-state index contributed by atoms with van der Waals surface area (Å²) in [6, 6.07) is 13.6. The van der Waals surface area contributed by atoms with Gasteiger partial charge < -0.3 is 4.90 Å². The van der Waals surface area contributed by atoms with E-state index in [-0.39, 0.29) is 5.91 Å². The zero-order valence-electron chi connectivity index (χ0n) is 15.7. The van der Waals surface area contributed by atoms with Gasteiger partial charge in [0.25, 0.3) is 5.91 Å². The molecule has 0 radical (unpaired) electrons. The lowest BCUT2D eigenvalue weighted by Crippen LogP contribution is -2.35. The molecule has 0 unspecified atom stereocenters. The Balaban J connectivity index is 1.38. The fourth-order valence-electron chi connectivity index (χ4n) is 3.47. The van der Waals surface area contributed by atoms with E-state index in [4.69, 9.17) is 0 Å². The number of pyridine rings is 1. The van der Waals surface area contributed by atoms with E-state index in [1.54, 1.807) is 18.6 Å². The Kier molecular flexibility index (Phi) is 5.68. The van der Waals surface area contributed by atoms with Crippen molar-refractivity contribution >= 4 is 5.91 Å². The maximum atomic E-state index is 12.9. The van der Waals surface area contributed by atoms with Crippen molar-refractivity contribution in [2.24, 2.45) is 0 Å². The third-order valence-electron chi connectivity index (χ3n) is 4.98. The van der Waals surface area contributed by atoms with Gasteiger partial charge in [-0.05, 0) is 30.7 Å². The Hall–Kier alpha value is -3.12. The average molecular weight is 373 g/mol. The van der Waals surface area contributed by atoms with Crippen molar-refractivity contribution in [3.8, 4) is 11.3 Å². The Morgan fingerprint density at radius 3 is 2.54 bits per heavy atom. The predicted octanol–water partition coefficient (Wildman–Crippen LogP) is 2.89. The zero-order valence-corrected chi connectivity index (χ0v) is 15.7. The van der Waals surface area contributed by atoms with E-state index in [0.29, 0.717) is 5.56 Å². The standard InChI is InChI=1S/C22H23N5O/c28-22(19-7-5-18(6-8-19)21-16-23-10-11-25-21)27-13-3-12-26(14-15-27)17-20-4-1-2-9-24-20/h1-2,4-11,16H,3,12-15,17H2. The lowest BCUT2D eigenvalue weighted by molar-refractivity contribution is 0.0761. The molecular formula is C22H23N5O. The van der Waals surface area contributed by atoms with Crippen LogP contribution in [0.25, 0.3) is 11.3 Å². The summed E-state index contributed by atoms with van der Waals surface area (Å²) >= 11 is 0. The molecule has 1 aliphatic heterocycles. The lowest BCUT2D eigenvalue weighted by atomic mass is 10.1. The number of benzene rings is 1. The van der Waals surface area contributed by atoms with Crippen molar-refractivity contribution in [1.29, 1.82) is 0 Å². The molecular weight excluding hydrogens is 350 g/mol. The second-order valence-electron chi connectivity index (χ2n) is 6.91. The van der Waals surface area contributed by atoms with Crippen LogP contribution in [0.15, 0.2) is 67.3 Å². The number of hydrogen-bond acceptors (Lipinski definition) is 5. The van der Waals surface area contributed by atoms with Crippen LogP contribution in [0, 0.1) is 0 Å². The summed E-state index contributed by atoms with van der Waals surface area (Å²) in [5.74, 6) is 0.0883. The van der Waals surface area contributed by atoms with Crippen LogP contribution in [0.3, 0.4) is 0 Å². The number of aromatic nitrogens is 3. The Bertz CT molecular complexity index is 899. The largest absolute Gasteiger partial charge is 0.337 e. The first-order valence-corrected chi connectivity index (χ1v) is 9.57. The molecule has 3 heterocycles. The summed E-state index contributed by atoms with van der Waals surface area (Å²) in [7, 11) is 0. The first-order chi connectivity index (χ1) is 13.8. The summed E-state index contributed by atoms with van der Waals surface area (Å²) in [4.78, 5) is 30.1. The number of carbonyl (C=O) groups excluding carboxylic acids is 1. The molecule has 1 amide bonds. The fraction of sp³-hybridized carbons (Fsp3) is 0.273. The molecule has 6 nitrogen and oxygen atoms in total. The van der Waals surface area contributed by atoms with Crippen molar-refractivity contribution in [3.63, 3.8) is 0 Å². The van der Waals surface area contributed by atoms with Crippen LogP contribution in [0.5, 0.6) is 0 Å². The Morgan fingerprint density at radius 1 is 0.893 bits per heavy atom. The Labute approximate surface area is 164 Å². The minimum absolute atomic E-state index is 0.0883. The average Bonchev–Trinajstić information content (AvgIpc) is 3.00. The van der Waals surface area contributed by atoms with E-state index in [0.717, 1.165) is 56.1 Å². The highest BCUT2D eigenvalue weighted by Crippen LogP contribution is 2.18. The minimum atomic E-state index is 0.0883. The van der Waals surface area contributed by atoms with Crippen LogP contribution >= 0.6 is 0 Å². The van der Waals surface area contributed by atoms with Crippen molar-refractivity contribution in [2.45, 2.75) is 13.0 Å². The molecule has 0 bridgehead atoms. The second-order valence-corrected chi connectivity index (χ2v) is 6.91. The molecule has 6 heteroatoms. The van der Waals surface area contributed by atoms with Crippen LogP contribution in [-0.2, 0) is 6.54 Å². The zero-order chi connectivity index (χ0) is 19.2. The molecule has 2 aromatic heterocycles. The molecule has 1 fully saturated rings. The summed E-state index contributed by atoms with van der Waals surface area (Å²) in [6.07, 6.45) is 7.84. The molecule has 1 aliphatic rings. The summed E-state index contributed by atoms with van der Waals surface area (Å²) in [5, 5.41) is 0. The van der Waals surface area contributed by atoms with Gasteiger partial charge in [0, 0.05) is 62.4 Å². The van der Waals surface area contributed by atoms with E-state index in [9.17, 15) is 4.79 Å². The highest BCUT2D eigenvalue weighted by atomic mass is 16.2. The van der Waals surface area contributed by atoms with Crippen molar-refractivity contribution in [1.82, 2.24) is 24.8 Å². The fourth-order valence-corrected chi connectivity index (χ4v) is 3.47. The maximum absolute atomic E-state index is 12.9. The van der Waals surface area contributed by atoms with E-state index >= 15 is 0 Å². The normalized spacial score (nSPS) is 15.2. The first-order valence-electron chi connectivity index (χ1n) is 9.57. The molecule has 0 aliphatic carbocycles. The van der Waals surface area contributed by atoms with Gasteiger partial charge in [-0.2, -0.15) is 0 Å².